The Hall–Kier alpha value is -1.76. The number of rotatable bonds is 1. The van der Waals surface area contributed by atoms with Crippen molar-refractivity contribution in [1.82, 2.24) is 19.9 Å². The van der Waals surface area contributed by atoms with Crippen LogP contribution in [0.15, 0.2) is 35.4 Å². The minimum atomic E-state index is -0.267. The monoisotopic (exact) mass is 293 g/mol. The summed E-state index contributed by atoms with van der Waals surface area (Å²) in [6, 6.07) is 4.95. The molecule has 1 atom stereocenters. The predicted molar refractivity (Wildman–Crippen MR) is 78.8 cm³/mol. The average molecular weight is 294 g/mol. The summed E-state index contributed by atoms with van der Waals surface area (Å²) in [7, 11) is 0. The highest BCUT2D eigenvalue weighted by Crippen LogP contribution is 2.16. The highest BCUT2D eigenvalue weighted by atomic mass is 35.5. The zero-order valence-electron chi connectivity index (χ0n) is 10.8. The lowest BCUT2D eigenvalue weighted by atomic mass is 10.2. The molecular weight excluding hydrogens is 278 g/mol. The second-order valence-corrected chi connectivity index (χ2v) is 4.54. The van der Waals surface area contributed by atoms with Gasteiger partial charge in [-0.2, -0.15) is 0 Å². The van der Waals surface area contributed by atoms with Crippen LogP contribution in [0.2, 0.25) is 0 Å². The fraction of sp³-hybridized carbons (Fsp3) is 0.308. The summed E-state index contributed by atoms with van der Waals surface area (Å²) in [5.74, 6) is 0.643. The van der Waals surface area contributed by atoms with Gasteiger partial charge in [0.05, 0.1) is 11.7 Å². The Labute approximate surface area is 122 Å². The Kier molecular flexibility index (Phi) is 4.49. The van der Waals surface area contributed by atoms with E-state index in [-0.39, 0.29) is 24.0 Å². The summed E-state index contributed by atoms with van der Waals surface area (Å²) < 4.78 is 1.65. The molecule has 106 valence electrons. The molecular formula is C13H16ClN5O. The summed E-state index contributed by atoms with van der Waals surface area (Å²) >= 11 is 0. The lowest BCUT2D eigenvalue weighted by Gasteiger charge is -2.14. The van der Waals surface area contributed by atoms with E-state index in [2.05, 4.69) is 15.3 Å². The van der Waals surface area contributed by atoms with Crippen LogP contribution in [-0.2, 0) is 6.54 Å². The number of nitrogens with one attached hydrogen (secondary N) is 1. The van der Waals surface area contributed by atoms with Crippen LogP contribution < -0.4 is 16.6 Å². The molecule has 0 radical (unpaired) electrons. The van der Waals surface area contributed by atoms with E-state index in [1.165, 1.54) is 0 Å². The minimum absolute atomic E-state index is 0. The maximum Gasteiger partial charge on any atom is 0.254 e. The number of hydrogen-bond donors (Lipinski definition) is 2. The Balaban J connectivity index is 0.00000147. The first-order chi connectivity index (χ1) is 9.25. The highest BCUT2D eigenvalue weighted by Gasteiger charge is 2.18. The Bertz CT molecular complexity index is 643. The third-order valence-electron chi connectivity index (χ3n) is 3.22. The van der Waals surface area contributed by atoms with Crippen molar-refractivity contribution in [1.29, 1.82) is 0 Å². The first-order valence-corrected chi connectivity index (χ1v) is 6.24. The van der Waals surface area contributed by atoms with E-state index >= 15 is 0 Å². The van der Waals surface area contributed by atoms with Crippen LogP contribution in [0.3, 0.4) is 0 Å². The quantitative estimate of drug-likeness (QED) is 0.791. The van der Waals surface area contributed by atoms with Crippen molar-refractivity contribution in [2.75, 3.05) is 13.1 Å². The van der Waals surface area contributed by atoms with Gasteiger partial charge in [-0.3, -0.25) is 14.3 Å². The van der Waals surface area contributed by atoms with Crippen LogP contribution in [0.25, 0.3) is 11.3 Å². The first kappa shape index (κ1) is 14.6. The van der Waals surface area contributed by atoms with E-state index in [0.717, 1.165) is 12.1 Å². The number of hydrogen-bond acceptors (Lipinski definition) is 5. The van der Waals surface area contributed by atoms with E-state index < -0.39 is 0 Å². The lowest BCUT2D eigenvalue weighted by molar-refractivity contribution is 0.615. The molecule has 6 nitrogen and oxygen atoms in total. The zero-order chi connectivity index (χ0) is 13.2. The van der Waals surface area contributed by atoms with Crippen molar-refractivity contribution >= 4 is 12.4 Å². The van der Waals surface area contributed by atoms with Gasteiger partial charge < -0.3 is 11.1 Å². The normalized spacial score (nSPS) is 17.8. The topological polar surface area (TPSA) is 85.8 Å². The molecule has 7 heteroatoms. The van der Waals surface area contributed by atoms with Crippen molar-refractivity contribution in [3.63, 3.8) is 0 Å². The third-order valence-corrected chi connectivity index (χ3v) is 3.22. The van der Waals surface area contributed by atoms with Crippen molar-refractivity contribution < 1.29 is 0 Å². The second-order valence-electron chi connectivity index (χ2n) is 4.54. The number of fused-ring (bicyclic) bond motifs is 1. The summed E-state index contributed by atoms with van der Waals surface area (Å²) in [5, 5.41) is 3.20. The van der Waals surface area contributed by atoms with Crippen LogP contribution in [0, 0.1) is 0 Å². The Morgan fingerprint density at radius 1 is 1.35 bits per heavy atom. The SMILES string of the molecule is Cl.NC1CNCCn2c1nc(-c1ccncc1)cc2=O. The molecule has 3 heterocycles. The number of nitrogens with zero attached hydrogens (tertiary/aromatic N) is 3. The third kappa shape index (κ3) is 2.72. The molecule has 0 fully saturated rings. The Morgan fingerprint density at radius 2 is 2.10 bits per heavy atom. The molecule has 20 heavy (non-hydrogen) atoms. The van der Waals surface area contributed by atoms with Gasteiger partial charge in [0.15, 0.2) is 0 Å². The van der Waals surface area contributed by atoms with Crippen LogP contribution in [0.4, 0.5) is 0 Å². The van der Waals surface area contributed by atoms with Gasteiger partial charge in [-0.15, -0.1) is 12.4 Å². The molecule has 0 saturated heterocycles. The van der Waals surface area contributed by atoms with Crippen molar-refractivity contribution in [3.8, 4) is 11.3 Å². The van der Waals surface area contributed by atoms with Crippen molar-refractivity contribution in [2.24, 2.45) is 5.73 Å². The molecule has 0 spiro atoms. The molecule has 0 aliphatic carbocycles. The van der Waals surface area contributed by atoms with Gasteiger partial charge in [0.2, 0.25) is 0 Å². The van der Waals surface area contributed by atoms with Crippen LogP contribution in [0.5, 0.6) is 0 Å². The smallest absolute Gasteiger partial charge is 0.254 e. The molecule has 3 rings (SSSR count). The van der Waals surface area contributed by atoms with Crippen LogP contribution in [-0.4, -0.2) is 27.6 Å². The molecule has 3 N–H and O–H groups in total. The molecule has 1 aliphatic rings. The minimum Gasteiger partial charge on any atom is -0.320 e. The zero-order valence-corrected chi connectivity index (χ0v) is 11.6. The van der Waals surface area contributed by atoms with Gasteiger partial charge in [-0.05, 0) is 12.1 Å². The summed E-state index contributed by atoms with van der Waals surface area (Å²) in [4.78, 5) is 20.7. The lowest BCUT2D eigenvalue weighted by Crippen LogP contribution is -2.29. The van der Waals surface area contributed by atoms with E-state index in [1.54, 1.807) is 23.0 Å². The average Bonchev–Trinajstić information content (AvgIpc) is 2.63. The van der Waals surface area contributed by atoms with E-state index in [9.17, 15) is 4.79 Å². The Morgan fingerprint density at radius 3 is 2.85 bits per heavy atom. The first-order valence-electron chi connectivity index (χ1n) is 6.24. The van der Waals surface area contributed by atoms with Crippen molar-refractivity contribution in [3.05, 3.63) is 46.8 Å². The fourth-order valence-corrected chi connectivity index (χ4v) is 2.24. The number of aromatic nitrogens is 3. The van der Waals surface area contributed by atoms with E-state index in [0.29, 0.717) is 24.6 Å². The summed E-state index contributed by atoms with van der Waals surface area (Å²) in [5.41, 5.74) is 7.53. The molecule has 0 bridgehead atoms. The van der Waals surface area contributed by atoms with E-state index in [1.807, 2.05) is 12.1 Å². The van der Waals surface area contributed by atoms with Gasteiger partial charge in [-0.1, -0.05) is 0 Å². The van der Waals surface area contributed by atoms with Crippen LogP contribution >= 0.6 is 12.4 Å². The largest absolute Gasteiger partial charge is 0.320 e. The molecule has 1 unspecified atom stereocenters. The van der Waals surface area contributed by atoms with Crippen LogP contribution in [0.1, 0.15) is 11.9 Å². The maximum absolute atomic E-state index is 12.2. The molecule has 2 aromatic rings. The van der Waals surface area contributed by atoms with Gasteiger partial charge in [-0.25, -0.2) is 4.98 Å². The molecule has 0 saturated carbocycles. The predicted octanol–water partition coefficient (Wildman–Crippen LogP) is 0.330. The second kappa shape index (κ2) is 6.13. The standard InChI is InChI=1S/C13H15N5O.ClH/c14-10-8-16-5-6-18-12(19)7-11(17-13(10)18)9-1-3-15-4-2-9;/h1-4,7,10,16H,5-6,8,14H2;1H. The van der Waals surface area contributed by atoms with Gasteiger partial charge in [0.25, 0.3) is 5.56 Å². The molecule has 0 amide bonds. The highest BCUT2D eigenvalue weighted by molar-refractivity contribution is 5.85. The van der Waals surface area contributed by atoms with Crippen molar-refractivity contribution in [2.45, 2.75) is 12.6 Å². The van der Waals surface area contributed by atoms with Gasteiger partial charge in [0, 0.05) is 43.7 Å². The summed E-state index contributed by atoms with van der Waals surface area (Å²) in [6.07, 6.45) is 3.36. The molecule has 2 aromatic heterocycles. The van der Waals surface area contributed by atoms with E-state index in [4.69, 9.17) is 5.73 Å². The number of pyridine rings is 1. The fourth-order valence-electron chi connectivity index (χ4n) is 2.24. The van der Waals surface area contributed by atoms with Gasteiger partial charge in [0.1, 0.15) is 5.82 Å². The number of nitrogens with two attached hydrogens (primary N) is 1. The maximum atomic E-state index is 12.2. The van der Waals surface area contributed by atoms with Gasteiger partial charge >= 0.3 is 0 Å². The molecule has 0 aromatic carbocycles. The number of halogens is 1. The summed E-state index contributed by atoms with van der Waals surface area (Å²) in [6.45, 7) is 1.97. The molecule has 1 aliphatic heterocycles.